The minimum absolute atomic E-state index is 0.708. The highest BCUT2D eigenvalue weighted by Gasteiger charge is 2.18. The second-order valence-corrected chi connectivity index (χ2v) is 5.52. The number of aromatic nitrogens is 2. The molecule has 0 radical (unpaired) electrons. The van der Waals surface area contributed by atoms with E-state index < -0.39 is 0 Å². The van der Waals surface area contributed by atoms with Crippen molar-refractivity contribution in [3.05, 3.63) is 11.9 Å². The molecule has 1 saturated heterocycles. The van der Waals surface area contributed by atoms with Crippen LogP contribution in [0.2, 0.25) is 0 Å². The Labute approximate surface area is 116 Å². The third-order valence-electron chi connectivity index (χ3n) is 3.78. The molecule has 108 valence electrons. The molecule has 0 atom stereocenters. The molecule has 1 aromatic rings. The summed E-state index contributed by atoms with van der Waals surface area (Å²) in [6.45, 7) is 7.06. The van der Waals surface area contributed by atoms with Crippen LogP contribution in [0.4, 0.5) is 5.95 Å². The molecule has 0 saturated carbocycles. The second kappa shape index (κ2) is 6.91. The van der Waals surface area contributed by atoms with Crippen LogP contribution in [0.5, 0.6) is 0 Å². The van der Waals surface area contributed by atoms with Gasteiger partial charge in [-0.25, -0.2) is 4.98 Å². The van der Waals surface area contributed by atoms with Gasteiger partial charge in [0.15, 0.2) is 0 Å². The Hall–Kier alpha value is -1.07. The van der Waals surface area contributed by atoms with Crippen molar-refractivity contribution in [2.45, 2.75) is 26.3 Å². The van der Waals surface area contributed by atoms with E-state index in [0.717, 1.165) is 30.6 Å². The van der Waals surface area contributed by atoms with Crippen LogP contribution in [0.1, 0.15) is 18.5 Å². The van der Waals surface area contributed by atoms with Gasteiger partial charge in [-0.15, -0.1) is 0 Å². The first-order chi connectivity index (χ1) is 9.19. The number of hydrogen-bond acceptors (Lipinski definition) is 4. The van der Waals surface area contributed by atoms with Gasteiger partial charge in [0.05, 0.1) is 12.3 Å². The summed E-state index contributed by atoms with van der Waals surface area (Å²) in [5.41, 5.74) is 1.08. The molecule has 0 aromatic carbocycles. The Balaban J connectivity index is 1.91. The first-order valence-corrected chi connectivity index (χ1v) is 7.14. The summed E-state index contributed by atoms with van der Waals surface area (Å²) < 4.78 is 7.33. The van der Waals surface area contributed by atoms with Crippen LogP contribution in [-0.4, -0.2) is 54.8 Å². The van der Waals surface area contributed by atoms with Gasteiger partial charge in [-0.1, -0.05) is 0 Å². The van der Waals surface area contributed by atoms with E-state index in [1.807, 2.05) is 6.92 Å². The van der Waals surface area contributed by atoms with E-state index >= 15 is 0 Å². The quantitative estimate of drug-likeness (QED) is 0.794. The number of ether oxygens (including phenoxy) is 1. The largest absolute Gasteiger partial charge is 0.383 e. The summed E-state index contributed by atoms with van der Waals surface area (Å²) in [6, 6.07) is 0. The van der Waals surface area contributed by atoms with Gasteiger partial charge in [0.25, 0.3) is 0 Å². The average molecular weight is 266 g/mol. The fraction of sp³-hybridized carbons (Fsp3) is 0.786. The molecule has 0 unspecified atom stereocenters. The predicted octanol–water partition coefficient (Wildman–Crippen LogP) is 1.59. The fourth-order valence-corrected chi connectivity index (χ4v) is 2.61. The van der Waals surface area contributed by atoms with Gasteiger partial charge in [0.1, 0.15) is 0 Å². The van der Waals surface area contributed by atoms with Gasteiger partial charge in [-0.05, 0) is 45.8 Å². The Bertz CT molecular complexity index is 383. The number of aryl methyl sites for hydroxylation is 1. The normalized spacial score (nSPS) is 17.8. The summed E-state index contributed by atoms with van der Waals surface area (Å²) in [4.78, 5) is 6.96. The molecule has 0 spiro atoms. The van der Waals surface area contributed by atoms with Gasteiger partial charge in [-0.2, -0.15) is 0 Å². The number of imidazole rings is 1. The van der Waals surface area contributed by atoms with E-state index in [-0.39, 0.29) is 0 Å². The van der Waals surface area contributed by atoms with Crippen LogP contribution in [0.25, 0.3) is 0 Å². The lowest BCUT2D eigenvalue weighted by Crippen LogP contribution is -2.32. The van der Waals surface area contributed by atoms with Crippen LogP contribution >= 0.6 is 0 Å². The summed E-state index contributed by atoms with van der Waals surface area (Å²) in [5.74, 6) is 1.75. The van der Waals surface area contributed by atoms with Crippen LogP contribution in [-0.2, 0) is 11.3 Å². The van der Waals surface area contributed by atoms with Crippen LogP contribution in [0.3, 0.4) is 0 Å². The van der Waals surface area contributed by atoms with Gasteiger partial charge >= 0.3 is 0 Å². The topological polar surface area (TPSA) is 42.3 Å². The summed E-state index contributed by atoms with van der Waals surface area (Å²) in [5, 5.41) is 3.35. The van der Waals surface area contributed by atoms with Crippen molar-refractivity contribution in [3.63, 3.8) is 0 Å². The lowest BCUT2D eigenvalue weighted by molar-refractivity contribution is 0.204. The molecule has 5 heteroatoms. The summed E-state index contributed by atoms with van der Waals surface area (Å²) in [7, 11) is 3.92. The van der Waals surface area contributed by atoms with Crippen molar-refractivity contribution >= 4 is 5.95 Å². The van der Waals surface area contributed by atoms with Crippen molar-refractivity contribution in [1.29, 1.82) is 0 Å². The van der Waals surface area contributed by atoms with Gasteiger partial charge in [0.2, 0.25) is 5.95 Å². The number of methoxy groups -OCH3 is 1. The Kier molecular flexibility index (Phi) is 5.22. The molecule has 0 bridgehead atoms. The van der Waals surface area contributed by atoms with E-state index in [4.69, 9.17) is 4.74 Å². The predicted molar refractivity (Wildman–Crippen MR) is 77.6 cm³/mol. The van der Waals surface area contributed by atoms with Crippen molar-refractivity contribution in [2.75, 3.05) is 45.7 Å². The van der Waals surface area contributed by atoms with Gasteiger partial charge < -0.3 is 19.5 Å². The maximum atomic E-state index is 5.07. The first-order valence-electron chi connectivity index (χ1n) is 7.14. The number of anilines is 1. The zero-order chi connectivity index (χ0) is 13.7. The second-order valence-electron chi connectivity index (χ2n) is 5.52. The third kappa shape index (κ3) is 4.21. The zero-order valence-electron chi connectivity index (χ0n) is 12.4. The van der Waals surface area contributed by atoms with Gasteiger partial charge in [-0.3, -0.25) is 0 Å². The molecule has 5 nitrogen and oxygen atoms in total. The molecule has 0 aliphatic carbocycles. The molecule has 1 aliphatic heterocycles. The molecule has 1 N–H and O–H groups in total. The molecular weight excluding hydrogens is 240 g/mol. The number of hydrogen-bond donors (Lipinski definition) is 1. The fourth-order valence-electron chi connectivity index (χ4n) is 2.61. The standard InChI is InChI=1S/C14H26N4O/c1-12-10-18(14(16-12)15-6-9-19-3)11-13-4-7-17(2)8-5-13/h10,13H,4-9,11H2,1-3H3,(H,15,16). The monoisotopic (exact) mass is 266 g/mol. The molecule has 19 heavy (non-hydrogen) atoms. The maximum Gasteiger partial charge on any atom is 0.203 e. The van der Waals surface area contributed by atoms with E-state index in [9.17, 15) is 0 Å². The minimum Gasteiger partial charge on any atom is -0.383 e. The summed E-state index contributed by atoms with van der Waals surface area (Å²) in [6.07, 6.45) is 4.71. The first kappa shape index (κ1) is 14.3. The highest BCUT2D eigenvalue weighted by atomic mass is 16.5. The SMILES string of the molecule is COCCNc1nc(C)cn1CC1CCN(C)CC1. The number of piperidine rings is 1. The molecular formula is C14H26N4O. The van der Waals surface area contributed by atoms with E-state index in [0.29, 0.717) is 6.61 Å². The third-order valence-corrected chi connectivity index (χ3v) is 3.78. The van der Waals surface area contributed by atoms with Crippen LogP contribution in [0.15, 0.2) is 6.20 Å². The molecule has 1 fully saturated rings. The smallest absolute Gasteiger partial charge is 0.203 e. The highest BCUT2D eigenvalue weighted by Crippen LogP contribution is 2.20. The van der Waals surface area contributed by atoms with E-state index in [1.54, 1.807) is 7.11 Å². The minimum atomic E-state index is 0.708. The molecule has 2 rings (SSSR count). The molecule has 2 heterocycles. The number of likely N-dealkylation sites (tertiary alicyclic amines) is 1. The molecule has 0 amide bonds. The maximum absolute atomic E-state index is 5.07. The van der Waals surface area contributed by atoms with Gasteiger partial charge in [0, 0.05) is 26.4 Å². The van der Waals surface area contributed by atoms with Crippen LogP contribution in [0, 0.1) is 12.8 Å². The summed E-state index contributed by atoms with van der Waals surface area (Å²) >= 11 is 0. The van der Waals surface area contributed by atoms with E-state index in [1.165, 1.54) is 25.9 Å². The van der Waals surface area contributed by atoms with Crippen LogP contribution < -0.4 is 5.32 Å². The Morgan fingerprint density at radius 3 is 2.84 bits per heavy atom. The highest BCUT2D eigenvalue weighted by molar-refractivity contribution is 5.28. The molecule has 1 aromatic heterocycles. The van der Waals surface area contributed by atoms with E-state index in [2.05, 4.69) is 33.0 Å². The Morgan fingerprint density at radius 1 is 1.42 bits per heavy atom. The lowest BCUT2D eigenvalue weighted by Gasteiger charge is -2.29. The van der Waals surface area contributed by atoms with Crippen molar-refractivity contribution in [2.24, 2.45) is 5.92 Å². The number of rotatable bonds is 6. The van der Waals surface area contributed by atoms with Crippen molar-refractivity contribution < 1.29 is 4.74 Å². The zero-order valence-corrected chi connectivity index (χ0v) is 12.4. The number of nitrogens with one attached hydrogen (secondary N) is 1. The van der Waals surface area contributed by atoms with Crippen molar-refractivity contribution in [3.8, 4) is 0 Å². The average Bonchev–Trinajstić information content (AvgIpc) is 2.73. The number of nitrogens with zero attached hydrogens (tertiary/aromatic N) is 3. The Morgan fingerprint density at radius 2 is 2.16 bits per heavy atom. The molecule has 1 aliphatic rings. The lowest BCUT2D eigenvalue weighted by atomic mass is 9.97. The van der Waals surface area contributed by atoms with Crippen molar-refractivity contribution in [1.82, 2.24) is 14.5 Å².